The minimum atomic E-state index is -0.615. The van der Waals surface area contributed by atoms with Gasteiger partial charge in [-0.25, -0.2) is 5.48 Å². The van der Waals surface area contributed by atoms with Crippen LogP contribution in [-0.4, -0.2) is 17.2 Å². The Kier molecular flexibility index (Phi) is 4.74. The number of hydrogen-bond donors (Lipinski definition) is 3. The monoisotopic (exact) mass is 250 g/mol. The summed E-state index contributed by atoms with van der Waals surface area (Å²) >= 11 is 0. The van der Waals surface area contributed by atoms with E-state index in [1.165, 1.54) is 0 Å². The van der Waals surface area contributed by atoms with E-state index in [1.54, 1.807) is 23.7 Å². The summed E-state index contributed by atoms with van der Waals surface area (Å²) in [6.45, 7) is 9.26. The summed E-state index contributed by atoms with van der Waals surface area (Å²) in [5.41, 5.74) is 3.33. The summed E-state index contributed by atoms with van der Waals surface area (Å²) in [7, 11) is 0. The Morgan fingerprint density at radius 1 is 1.44 bits per heavy atom. The molecule has 1 aromatic carbocycles. The molecule has 0 aliphatic rings. The largest absolute Gasteiger partial charge is 0.490 e. The first-order chi connectivity index (χ1) is 8.43. The van der Waals surface area contributed by atoms with Crippen molar-refractivity contribution < 1.29 is 14.7 Å². The molecule has 0 saturated carbocycles. The quantitative estimate of drug-likeness (QED) is 0.555. The molecule has 3 N–H and O–H groups in total. The molecule has 0 heterocycles. The van der Waals surface area contributed by atoms with Gasteiger partial charge in [-0.1, -0.05) is 6.58 Å². The van der Waals surface area contributed by atoms with Gasteiger partial charge in [-0.3, -0.25) is 10.0 Å². The minimum absolute atomic E-state index is 0.0600. The number of nitrogens with one attached hydrogen (secondary N) is 2. The Bertz CT molecular complexity index is 456. The minimum Gasteiger partial charge on any atom is -0.490 e. The van der Waals surface area contributed by atoms with Crippen LogP contribution in [0.5, 0.6) is 5.75 Å². The fraction of sp³-hybridized carbons (Fsp3) is 0.308. The van der Waals surface area contributed by atoms with Crippen LogP contribution >= 0.6 is 0 Å². The maximum Gasteiger partial charge on any atom is 0.278 e. The van der Waals surface area contributed by atoms with Gasteiger partial charge < -0.3 is 10.1 Å². The van der Waals surface area contributed by atoms with E-state index in [2.05, 4.69) is 11.9 Å². The summed E-state index contributed by atoms with van der Waals surface area (Å²) in [6, 6.07) is 5.05. The molecule has 0 fully saturated rings. The van der Waals surface area contributed by atoms with E-state index in [0.717, 1.165) is 5.70 Å². The van der Waals surface area contributed by atoms with Crippen LogP contribution in [0.1, 0.15) is 31.1 Å². The molecule has 5 nitrogen and oxygen atoms in total. The van der Waals surface area contributed by atoms with Crippen LogP contribution in [0.4, 0.5) is 5.69 Å². The molecule has 0 radical (unpaired) electrons. The zero-order valence-corrected chi connectivity index (χ0v) is 10.8. The zero-order chi connectivity index (χ0) is 13.7. The number of hydroxylamine groups is 1. The van der Waals surface area contributed by atoms with Gasteiger partial charge in [0.2, 0.25) is 0 Å². The number of rotatable bonds is 5. The summed E-state index contributed by atoms with van der Waals surface area (Å²) in [6.07, 6.45) is -0.0600. The van der Waals surface area contributed by atoms with Gasteiger partial charge in [0.1, 0.15) is 5.75 Å². The van der Waals surface area contributed by atoms with Crippen LogP contribution < -0.4 is 15.5 Å². The fourth-order valence-corrected chi connectivity index (χ4v) is 1.45. The van der Waals surface area contributed by atoms with Crippen molar-refractivity contribution in [1.29, 1.82) is 0 Å². The number of anilines is 1. The highest BCUT2D eigenvalue weighted by Gasteiger charge is 2.14. The standard InChI is InChI=1S/C13H18N2O3/c1-8(2)14-10-5-6-12(18-9(3)4)11(7-10)13(16)15-17/h5-7,9,14,17H,1H2,2-4H3,(H,15,16). The van der Waals surface area contributed by atoms with Gasteiger partial charge in [0.15, 0.2) is 0 Å². The third-order valence-corrected chi connectivity index (χ3v) is 2.05. The molecule has 0 aliphatic heterocycles. The molecule has 0 unspecified atom stereocenters. The van der Waals surface area contributed by atoms with Crippen molar-refractivity contribution in [1.82, 2.24) is 5.48 Å². The summed E-state index contributed by atoms with van der Waals surface area (Å²) in [5.74, 6) is -0.195. The Labute approximate surface area is 106 Å². The van der Waals surface area contributed by atoms with Crippen molar-refractivity contribution >= 4 is 11.6 Å². The molecular weight excluding hydrogens is 232 g/mol. The Morgan fingerprint density at radius 3 is 2.61 bits per heavy atom. The SMILES string of the molecule is C=C(C)Nc1ccc(OC(C)C)c(C(=O)NO)c1. The maximum atomic E-state index is 11.6. The molecule has 0 spiro atoms. The molecule has 98 valence electrons. The number of ether oxygens (including phenoxy) is 1. The predicted octanol–water partition coefficient (Wildman–Crippen LogP) is 2.54. The number of allylic oxidation sites excluding steroid dienone is 1. The molecule has 0 aliphatic carbocycles. The van der Waals surface area contributed by atoms with Crippen molar-refractivity contribution in [2.75, 3.05) is 5.32 Å². The molecule has 18 heavy (non-hydrogen) atoms. The van der Waals surface area contributed by atoms with Gasteiger partial charge in [-0.05, 0) is 39.0 Å². The van der Waals surface area contributed by atoms with E-state index < -0.39 is 5.91 Å². The second-order valence-electron chi connectivity index (χ2n) is 4.22. The number of carbonyl (C=O) groups excluding carboxylic acids is 1. The zero-order valence-electron chi connectivity index (χ0n) is 10.8. The second-order valence-corrected chi connectivity index (χ2v) is 4.22. The Morgan fingerprint density at radius 2 is 2.11 bits per heavy atom. The number of benzene rings is 1. The highest BCUT2D eigenvalue weighted by atomic mass is 16.5. The molecule has 1 amide bonds. The van der Waals surface area contributed by atoms with Gasteiger partial charge in [-0.15, -0.1) is 0 Å². The van der Waals surface area contributed by atoms with Gasteiger partial charge in [-0.2, -0.15) is 0 Å². The van der Waals surface area contributed by atoms with Crippen LogP contribution in [0, 0.1) is 0 Å². The molecule has 0 saturated heterocycles. The van der Waals surface area contributed by atoms with Crippen LogP contribution in [0.15, 0.2) is 30.5 Å². The second kappa shape index (κ2) is 6.07. The maximum absolute atomic E-state index is 11.6. The first-order valence-corrected chi connectivity index (χ1v) is 5.61. The van der Waals surface area contributed by atoms with Crippen LogP contribution in [0.3, 0.4) is 0 Å². The number of hydrogen-bond acceptors (Lipinski definition) is 4. The first kappa shape index (κ1) is 14.1. The lowest BCUT2D eigenvalue weighted by molar-refractivity contribution is 0.0700. The fourth-order valence-electron chi connectivity index (χ4n) is 1.45. The Balaban J connectivity index is 3.11. The lowest BCUT2D eigenvalue weighted by atomic mass is 10.1. The molecule has 5 heteroatoms. The predicted molar refractivity (Wildman–Crippen MR) is 69.9 cm³/mol. The van der Waals surface area contributed by atoms with Gasteiger partial charge >= 0.3 is 0 Å². The van der Waals surface area contributed by atoms with E-state index in [0.29, 0.717) is 11.4 Å². The highest BCUT2D eigenvalue weighted by Crippen LogP contribution is 2.24. The van der Waals surface area contributed by atoms with Crippen molar-refractivity contribution in [2.24, 2.45) is 0 Å². The van der Waals surface area contributed by atoms with E-state index in [-0.39, 0.29) is 11.7 Å². The summed E-state index contributed by atoms with van der Waals surface area (Å²) in [4.78, 5) is 11.6. The summed E-state index contributed by atoms with van der Waals surface area (Å²) < 4.78 is 5.51. The molecule has 1 aromatic rings. The highest BCUT2D eigenvalue weighted by molar-refractivity contribution is 5.97. The van der Waals surface area contributed by atoms with E-state index in [9.17, 15) is 4.79 Å². The van der Waals surface area contributed by atoms with Gasteiger partial charge in [0.25, 0.3) is 5.91 Å². The molecule has 1 rings (SSSR count). The Hall–Kier alpha value is -2.01. The van der Waals surface area contributed by atoms with Crippen LogP contribution in [0.25, 0.3) is 0 Å². The van der Waals surface area contributed by atoms with E-state index in [4.69, 9.17) is 9.94 Å². The van der Waals surface area contributed by atoms with Crippen LogP contribution in [0.2, 0.25) is 0 Å². The molecule has 0 bridgehead atoms. The topological polar surface area (TPSA) is 70.6 Å². The first-order valence-electron chi connectivity index (χ1n) is 5.61. The van der Waals surface area contributed by atoms with E-state index >= 15 is 0 Å². The van der Waals surface area contributed by atoms with Crippen molar-refractivity contribution in [3.05, 3.63) is 36.0 Å². The lowest BCUT2D eigenvalue weighted by Crippen LogP contribution is -2.21. The van der Waals surface area contributed by atoms with Crippen molar-refractivity contribution in [3.63, 3.8) is 0 Å². The van der Waals surface area contributed by atoms with Crippen molar-refractivity contribution in [3.8, 4) is 5.75 Å². The smallest absolute Gasteiger partial charge is 0.278 e. The number of amides is 1. The van der Waals surface area contributed by atoms with Gasteiger partial charge in [0.05, 0.1) is 11.7 Å². The number of carbonyl (C=O) groups is 1. The average Bonchev–Trinajstić information content (AvgIpc) is 2.28. The molecular formula is C13H18N2O3. The third kappa shape index (κ3) is 3.78. The van der Waals surface area contributed by atoms with Crippen LogP contribution in [-0.2, 0) is 0 Å². The van der Waals surface area contributed by atoms with Gasteiger partial charge in [0, 0.05) is 11.4 Å². The molecule has 0 aromatic heterocycles. The summed E-state index contributed by atoms with van der Waals surface area (Å²) in [5, 5.41) is 11.7. The normalized spacial score (nSPS) is 10.1. The average molecular weight is 250 g/mol. The lowest BCUT2D eigenvalue weighted by Gasteiger charge is -2.15. The van der Waals surface area contributed by atoms with Crippen molar-refractivity contribution in [2.45, 2.75) is 26.9 Å². The van der Waals surface area contributed by atoms with E-state index in [1.807, 2.05) is 20.8 Å². The molecule has 0 atom stereocenters. The third-order valence-electron chi connectivity index (χ3n) is 2.05.